The van der Waals surface area contributed by atoms with E-state index in [2.05, 4.69) is 15.2 Å². The van der Waals surface area contributed by atoms with Gasteiger partial charge in [-0.3, -0.25) is 10.2 Å². The second-order valence-electron chi connectivity index (χ2n) is 11.9. The summed E-state index contributed by atoms with van der Waals surface area (Å²) < 4.78 is 23.1. The number of rotatable bonds is 13. The van der Waals surface area contributed by atoms with Crippen molar-refractivity contribution in [1.82, 2.24) is 10.2 Å². The minimum absolute atomic E-state index is 0. The fourth-order valence-electron chi connectivity index (χ4n) is 6.35. The fourth-order valence-corrected chi connectivity index (χ4v) is 7.73. The van der Waals surface area contributed by atoms with Gasteiger partial charge in [0.05, 0.1) is 14.2 Å². The lowest BCUT2D eigenvalue weighted by Crippen LogP contribution is -2.52. The van der Waals surface area contributed by atoms with E-state index in [1.165, 1.54) is 11.3 Å². The standard InChI is InChI=1S/C36H37Cl2N3O6S.H2O/c1-44-29-10-8-24(16-31(29)45-2)30(17-26-27(37)19-39-20-28(26)38)46-35(42)33-11-9-25(48-33)18-40-34(23-6-4-3-5-7-23)36(43)47-32-21-41-14-12-22(32)13-15-41;/h3-11,16,19-20,22,30,32,34,40H,12-15,17-18,21H2,1-2H3;1H2/t30-,32?,34?;/m0./s1. The summed E-state index contributed by atoms with van der Waals surface area (Å²) in [5.74, 6) is 0.677. The third-order valence-electron chi connectivity index (χ3n) is 8.99. The molecule has 0 amide bonds. The molecule has 0 saturated carbocycles. The number of hydrogen-bond donors (Lipinski definition) is 1. The van der Waals surface area contributed by atoms with E-state index in [0.717, 1.165) is 42.9 Å². The Morgan fingerprint density at radius 1 is 0.959 bits per heavy atom. The number of aromatic nitrogens is 1. The number of hydrogen-bond acceptors (Lipinski definition) is 10. The molecule has 5 heterocycles. The maximum atomic E-state index is 13.6. The molecular weight excluding hydrogens is 689 g/mol. The van der Waals surface area contributed by atoms with E-state index in [1.807, 2.05) is 42.5 Å². The largest absolute Gasteiger partial charge is 0.870 e. The third kappa shape index (κ3) is 8.72. The summed E-state index contributed by atoms with van der Waals surface area (Å²) in [4.78, 5) is 33.7. The number of fused-ring (bicyclic) bond motifs is 3. The Bertz CT molecular complexity index is 1710. The Morgan fingerprint density at radius 3 is 2.33 bits per heavy atom. The number of esters is 2. The number of aromatic amines is 1. The predicted octanol–water partition coefficient (Wildman–Crippen LogP) is 6.32. The van der Waals surface area contributed by atoms with Gasteiger partial charge in [-0.1, -0.05) is 59.6 Å². The number of carbonyl (C=O) groups excluding carboxylic acids is 2. The second-order valence-corrected chi connectivity index (χ2v) is 13.9. The van der Waals surface area contributed by atoms with E-state index < -0.39 is 18.1 Å². The Labute approximate surface area is 299 Å². The predicted molar refractivity (Wildman–Crippen MR) is 186 cm³/mol. The second kappa shape index (κ2) is 16.8. The maximum Gasteiger partial charge on any atom is 0.348 e. The fraction of sp³-hybridized carbons (Fsp3) is 0.361. The van der Waals surface area contributed by atoms with E-state index in [0.29, 0.717) is 50.0 Å². The summed E-state index contributed by atoms with van der Waals surface area (Å²) in [7, 11) is 3.10. The van der Waals surface area contributed by atoms with Crippen LogP contribution in [0.3, 0.4) is 0 Å². The lowest BCUT2D eigenvalue weighted by Gasteiger charge is -2.44. The quantitative estimate of drug-likeness (QED) is 0.157. The first-order chi connectivity index (χ1) is 23.3. The highest BCUT2D eigenvalue weighted by Crippen LogP contribution is 2.36. The zero-order valence-corrected chi connectivity index (χ0v) is 29.5. The molecule has 7 rings (SSSR count). The number of methoxy groups -OCH3 is 2. The minimum Gasteiger partial charge on any atom is -0.870 e. The van der Waals surface area contributed by atoms with E-state index in [1.54, 1.807) is 44.8 Å². The molecule has 3 aliphatic rings. The summed E-state index contributed by atoms with van der Waals surface area (Å²) in [6.07, 6.45) is 4.79. The number of thiophene rings is 1. The smallest absolute Gasteiger partial charge is 0.348 e. The molecule has 0 radical (unpaired) electrons. The lowest BCUT2D eigenvalue weighted by molar-refractivity contribution is -0.377. The summed E-state index contributed by atoms with van der Waals surface area (Å²) in [6, 6.07) is 17.9. The van der Waals surface area contributed by atoms with Crippen LogP contribution in [-0.4, -0.2) is 62.3 Å². The molecule has 10 nitrogen and oxygen atoms in total. The number of nitrogens with zero attached hydrogens (tertiary/aromatic N) is 1. The molecule has 3 atom stereocenters. The van der Waals surface area contributed by atoms with Gasteiger partial charge in [-0.15, -0.1) is 11.3 Å². The van der Waals surface area contributed by atoms with Crippen LogP contribution >= 0.6 is 34.5 Å². The van der Waals surface area contributed by atoms with Crippen LogP contribution in [0.1, 0.15) is 56.2 Å². The molecule has 260 valence electrons. The van der Waals surface area contributed by atoms with Gasteiger partial charge >= 0.3 is 11.9 Å². The van der Waals surface area contributed by atoms with Crippen LogP contribution in [0.4, 0.5) is 0 Å². The molecule has 13 heteroatoms. The molecule has 3 saturated heterocycles. The van der Waals surface area contributed by atoms with Crippen molar-refractivity contribution in [2.75, 3.05) is 33.9 Å². The van der Waals surface area contributed by atoms with Crippen molar-refractivity contribution < 1.29 is 39.0 Å². The number of benzene rings is 2. The van der Waals surface area contributed by atoms with Crippen LogP contribution in [0.5, 0.6) is 11.5 Å². The first kappa shape index (κ1) is 36.6. The van der Waals surface area contributed by atoms with Crippen molar-refractivity contribution >= 4 is 46.5 Å². The number of pyridine rings is 1. The highest BCUT2D eigenvalue weighted by molar-refractivity contribution is 7.13. The van der Waals surface area contributed by atoms with Gasteiger partial charge in [0.25, 0.3) is 0 Å². The van der Waals surface area contributed by atoms with E-state index in [9.17, 15) is 9.59 Å². The van der Waals surface area contributed by atoms with Crippen LogP contribution in [0.15, 0.2) is 73.1 Å². The number of H-pyrrole nitrogens is 1. The lowest BCUT2D eigenvalue weighted by atomic mass is 9.86. The van der Waals surface area contributed by atoms with Gasteiger partial charge in [0.15, 0.2) is 23.9 Å². The van der Waals surface area contributed by atoms with Gasteiger partial charge in [-0.25, -0.2) is 14.6 Å². The number of nitrogens with one attached hydrogen (secondary N) is 2. The average molecular weight is 729 g/mol. The number of piperidine rings is 3. The SMILES string of the molecule is COc1ccc([C@H](Cc2c(Cl)c[nH+]cc2Cl)OC(=O)c2ccc(CNC(C(=O)OC3CN4CCC3CC4)c3ccccc3)s2)cc1OC.[OH-]. The summed E-state index contributed by atoms with van der Waals surface area (Å²) >= 11 is 14.3. The molecule has 2 aromatic heterocycles. The third-order valence-corrected chi connectivity index (χ3v) is 10.7. The molecule has 2 unspecified atom stereocenters. The number of carbonyl (C=O) groups is 2. The van der Waals surface area contributed by atoms with Crippen molar-refractivity contribution in [3.05, 3.63) is 110 Å². The summed E-state index contributed by atoms with van der Waals surface area (Å²) in [6.45, 7) is 3.30. The molecule has 49 heavy (non-hydrogen) atoms. The van der Waals surface area contributed by atoms with Gasteiger partial charge in [0.2, 0.25) is 0 Å². The first-order valence-corrected chi connectivity index (χ1v) is 17.5. The Balaban J connectivity index is 0.00000468. The van der Waals surface area contributed by atoms with Crippen molar-refractivity contribution in [3.63, 3.8) is 0 Å². The Hall–Kier alpha value is -3.71. The zero-order chi connectivity index (χ0) is 33.6. The Morgan fingerprint density at radius 2 is 1.67 bits per heavy atom. The molecule has 2 bridgehead atoms. The van der Waals surface area contributed by atoms with E-state index in [-0.39, 0.29) is 24.0 Å². The zero-order valence-electron chi connectivity index (χ0n) is 27.2. The van der Waals surface area contributed by atoms with Crippen LogP contribution in [0, 0.1) is 5.92 Å². The van der Waals surface area contributed by atoms with Crippen molar-refractivity contribution in [2.45, 2.75) is 44.1 Å². The number of ether oxygens (including phenoxy) is 4. The molecule has 0 aliphatic carbocycles. The van der Waals surface area contributed by atoms with Crippen molar-refractivity contribution in [1.29, 1.82) is 0 Å². The Kier molecular flexibility index (Phi) is 12.5. The van der Waals surface area contributed by atoms with Gasteiger partial charge in [0.1, 0.15) is 33.2 Å². The number of halogens is 2. The summed E-state index contributed by atoms with van der Waals surface area (Å²) in [5, 5.41) is 4.23. The average Bonchev–Trinajstić information content (AvgIpc) is 3.59. The van der Waals surface area contributed by atoms with Gasteiger partial charge in [-0.05, 0) is 67.2 Å². The van der Waals surface area contributed by atoms with Gasteiger partial charge in [0, 0.05) is 30.0 Å². The monoisotopic (exact) mass is 727 g/mol. The molecule has 3 N–H and O–H groups in total. The van der Waals surface area contributed by atoms with Crippen LogP contribution in [-0.2, 0) is 27.2 Å². The first-order valence-electron chi connectivity index (χ1n) is 15.9. The normalized spacial score (nSPS) is 19.3. The molecule has 4 aromatic rings. The molecule has 2 aromatic carbocycles. The van der Waals surface area contributed by atoms with Crippen LogP contribution in [0.25, 0.3) is 0 Å². The highest BCUT2D eigenvalue weighted by Gasteiger charge is 2.38. The van der Waals surface area contributed by atoms with Crippen LogP contribution in [0.2, 0.25) is 10.0 Å². The molecule has 0 spiro atoms. The maximum absolute atomic E-state index is 13.6. The summed E-state index contributed by atoms with van der Waals surface area (Å²) in [5.41, 5.74) is 2.15. The van der Waals surface area contributed by atoms with Gasteiger partial charge < -0.3 is 24.4 Å². The minimum atomic E-state index is -0.734. The molecular formula is C36H39Cl2N3O7S. The van der Waals surface area contributed by atoms with E-state index in [4.69, 9.17) is 42.1 Å². The van der Waals surface area contributed by atoms with Crippen molar-refractivity contribution in [2.24, 2.45) is 5.92 Å². The molecule has 3 fully saturated rings. The molecule has 3 aliphatic heterocycles. The van der Waals surface area contributed by atoms with Gasteiger partial charge in [-0.2, -0.15) is 0 Å². The topological polar surface area (TPSA) is 130 Å². The van der Waals surface area contributed by atoms with Crippen LogP contribution < -0.4 is 19.8 Å². The van der Waals surface area contributed by atoms with Crippen molar-refractivity contribution in [3.8, 4) is 11.5 Å². The van der Waals surface area contributed by atoms with E-state index >= 15 is 0 Å². The highest BCUT2D eigenvalue weighted by atomic mass is 35.5.